The zero-order chi connectivity index (χ0) is 12.1. The Kier molecular flexibility index (Phi) is 4.62. The molecule has 0 aliphatic carbocycles. The number of guanidine groups is 1. The Bertz CT molecular complexity index is 269. The number of ether oxygens (including phenoxy) is 1. The molecular weight excluding hydrogens is 216 g/mol. The van der Waals surface area contributed by atoms with Gasteiger partial charge in [-0.1, -0.05) is 6.92 Å². The SMILES string of the molecule is CCC1CN(CCNC2=NCCN2C)CCO1. The fourth-order valence-corrected chi connectivity index (χ4v) is 2.28. The van der Waals surface area contributed by atoms with Crippen LogP contribution in [0, 0.1) is 0 Å². The normalized spacial score (nSPS) is 26.1. The van der Waals surface area contributed by atoms with E-state index in [0.717, 1.165) is 58.3 Å². The third-order valence-corrected chi connectivity index (χ3v) is 3.45. The summed E-state index contributed by atoms with van der Waals surface area (Å²) in [5.74, 6) is 1.05. The summed E-state index contributed by atoms with van der Waals surface area (Å²) in [5.41, 5.74) is 0. The summed E-state index contributed by atoms with van der Waals surface area (Å²) < 4.78 is 5.66. The van der Waals surface area contributed by atoms with Crippen molar-refractivity contribution in [1.82, 2.24) is 15.1 Å². The molecule has 0 aromatic rings. The van der Waals surface area contributed by atoms with Crippen LogP contribution in [0.5, 0.6) is 0 Å². The van der Waals surface area contributed by atoms with Crippen molar-refractivity contribution in [2.75, 3.05) is 52.9 Å². The molecule has 2 heterocycles. The van der Waals surface area contributed by atoms with Crippen LogP contribution in [0.15, 0.2) is 4.99 Å². The van der Waals surface area contributed by atoms with Crippen LogP contribution in [0.3, 0.4) is 0 Å². The standard InChI is InChI=1S/C12H24N4O/c1-3-11-10-16(8-9-17-11)7-5-14-12-13-4-6-15(12)2/h11H,3-10H2,1-2H3,(H,13,14). The predicted molar refractivity (Wildman–Crippen MR) is 69.4 cm³/mol. The quantitative estimate of drug-likeness (QED) is 0.750. The number of hydrogen-bond donors (Lipinski definition) is 1. The fourth-order valence-electron chi connectivity index (χ4n) is 2.28. The Labute approximate surface area is 104 Å². The first-order valence-electron chi connectivity index (χ1n) is 6.63. The molecule has 2 aliphatic rings. The van der Waals surface area contributed by atoms with Crippen molar-refractivity contribution in [2.24, 2.45) is 4.99 Å². The Morgan fingerprint density at radius 3 is 3.06 bits per heavy atom. The van der Waals surface area contributed by atoms with Gasteiger partial charge in [0.15, 0.2) is 5.96 Å². The maximum Gasteiger partial charge on any atom is 0.193 e. The summed E-state index contributed by atoms with van der Waals surface area (Å²) in [6, 6.07) is 0. The monoisotopic (exact) mass is 240 g/mol. The lowest BCUT2D eigenvalue weighted by molar-refractivity contribution is -0.0288. The van der Waals surface area contributed by atoms with E-state index in [1.807, 2.05) is 0 Å². The number of nitrogens with one attached hydrogen (secondary N) is 1. The highest BCUT2D eigenvalue weighted by Crippen LogP contribution is 2.07. The van der Waals surface area contributed by atoms with Gasteiger partial charge in [-0.25, -0.2) is 0 Å². The molecule has 0 saturated carbocycles. The van der Waals surface area contributed by atoms with Gasteiger partial charge in [0.25, 0.3) is 0 Å². The first kappa shape index (κ1) is 12.6. The Morgan fingerprint density at radius 1 is 1.47 bits per heavy atom. The molecular formula is C12H24N4O. The van der Waals surface area contributed by atoms with Crippen molar-refractivity contribution in [3.8, 4) is 0 Å². The van der Waals surface area contributed by atoms with Crippen LogP contribution in [0.1, 0.15) is 13.3 Å². The van der Waals surface area contributed by atoms with Gasteiger partial charge in [0, 0.05) is 39.8 Å². The molecule has 0 bridgehead atoms. The van der Waals surface area contributed by atoms with Crippen molar-refractivity contribution >= 4 is 5.96 Å². The van der Waals surface area contributed by atoms with E-state index in [9.17, 15) is 0 Å². The van der Waals surface area contributed by atoms with Gasteiger partial charge in [-0.3, -0.25) is 9.89 Å². The zero-order valence-electron chi connectivity index (χ0n) is 11.0. The van der Waals surface area contributed by atoms with Crippen molar-refractivity contribution in [3.05, 3.63) is 0 Å². The Balaban J connectivity index is 1.64. The molecule has 17 heavy (non-hydrogen) atoms. The average Bonchev–Trinajstić information content (AvgIpc) is 2.76. The summed E-state index contributed by atoms with van der Waals surface area (Å²) in [7, 11) is 2.08. The van der Waals surface area contributed by atoms with Gasteiger partial charge in [0.2, 0.25) is 0 Å². The minimum Gasteiger partial charge on any atom is -0.376 e. The zero-order valence-corrected chi connectivity index (χ0v) is 11.0. The predicted octanol–water partition coefficient (Wildman–Crippen LogP) is -0.0118. The summed E-state index contributed by atoms with van der Waals surface area (Å²) in [5, 5.41) is 3.40. The molecule has 1 N–H and O–H groups in total. The minimum atomic E-state index is 0.426. The Hall–Kier alpha value is -0.810. The van der Waals surface area contributed by atoms with Crippen LogP contribution in [0.2, 0.25) is 0 Å². The topological polar surface area (TPSA) is 40.1 Å². The van der Waals surface area contributed by atoms with Crippen molar-refractivity contribution in [3.63, 3.8) is 0 Å². The van der Waals surface area contributed by atoms with Gasteiger partial charge < -0.3 is 15.0 Å². The van der Waals surface area contributed by atoms with Crippen molar-refractivity contribution < 1.29 is 4.74 Å². The lowest BCUT2D eigenvalue weighted by Gasteiger charge is -2.32. The molecule has 5 heteroatoms. The molecule has 0 amide bonds. The molecule has 98 valence electrons. The maximum absolute atomic E-state index is 5.66. The molecule has 5 nitrogen and oxygen atoms in total. The van der Waals surface area contributed by atoms with Gasteiger partial charge in [-0.05, 0) is 6.42 Å². The summed E-state index contributed by atoms with van der Waals surface area (Å²) in [6.07, 6.45) is 1.54. The highest BCUT2D eigenvalue weighted by Gasteiger charge is 2.18. The molecule has 0 aromatic heterocycles. The number of likely N-dealkylation sites (N-methyl/N-ethyl adjacent to an activating group) is 1. The lowest BCUT2D eigenvalue weighted by atomic mass is 10.2. The second-order valence-corrected chi connectivity index (χ2v) is 4.76. The van der Waals surface area contributed by atoms with Crippen molar-refractivity contribution in [2.45, 2.75) is 19.4 Å². The molecule has 2 aliphatic heterocycles. The molecule has 1 unspecified atom stereocenters. The van der Waals surface area contributed by atoms with Crippen LogP contribution in [0.25, 0.3) is 0 Å². The van der Waals surface area contributed by atoms with Crippen LogP contribution in [-0.4, -0.2) is 74.8 Å². The number of rotatable bonds is 4. The molecule has 1 fully saturated rings. The highest BCUT2D eigenvalue weighted by molar-refractivity contribution is 5.81. The summed E-state index contributed by atoms with van der Waals surface area (Å²) >= 11 is 0. The van der Waals surface area contributed by atoms with Gasteiger partial charge in [-0.15, -0.1) is 0 Å². The number of morpholine rings is 1. The van der Waals surface area contributed by atoms with E-state index >= 15 is 0 Å². The van der Waals surface area contributed by atoms with Crippen LogP contribution < -0.4 is 5.32 Å². The second kappa shape index (κ2) is 6.21. The molecule has 1 atom stereocenters. The van der Waals surface area contributed by atoms with E-state index in [-0.39, 0.29) is 0 Å². The summed E-state index contributed by atoms with van der Waals surface area (Å²) in [4.78, 5) is 9.07. The fraction of sp³-hybridized carbons (Fsp3) is 0.917. The van der Waals surface area contributed by atoms with Crippen LogP contribution in [-0.2, 0) is 4.74 Å². The van der Waals surface area contributed by atoms with E-state index in [1.54, 1.807) is 0 Å². The van der Waals surface area contributed by atoms with E-state index < -0.39 is 0 Å². The summed E-state index contributed by atoms with van der Waals surface area (Å²) in [6.45, 7) is 9.20. The van der Waals surface area contributed by atoms with Crippen LogP contribution >= 0.6 is 0 Å². The van der Waals surface area contributed by atoms with E-state index in [4.69, 9.17) is 4.74 Å². The van der Waals surface area contributed by atoms with E-state index in [0.29, 0.717) is 6.10 Å². The maximum atomic E-state index is 5.66. The van der Waals surface area contributed by atoms with Gasteiger partial charge in [0.1, 0.15) is 0 Å². The molecule has 0 spiro atoms. The first-order chi connectivity index (χ1) is 8.29. The lowest BCUT2D eigenvalue weighted by Crippen LogP contribution is -2.46. The number of aliphatic imine (C=N–C) groups is 1. The minimum absolute atomic E-state index is 0.426. The molecule has 2 rings (SSSR count). The smallest absolute Gasteiger partial charge is 0.193 e. The second-order valence-electron chi connectivity index (χ2n) is 4.76. The van der Waals surface area contributed by atoms with Gasteiger partial charge in [0.05, 0.1) is 19.3 Å². The average molecular weight is 240 g/mol. The third kappa shape index (κ3) is 3.57. The van der Waals surface area contributed by atoms with E-state index in [1.165, 1.54) is 0 Å². The molecule has 0 aromatic carbocycles. The Morgan fingerprint density at radius 2 is 2.35 bits per heavy atom. The van der Waals surface area contributed by atoms with Gasteiger partial charge in [-0.2, -0.15) is 0 Å². The van der Waals surface area contributed by atoms with Gasteiger partial charge >= 0.3 is 0 Å². The molecule has 0 radical (unpaired) electrons. The highest BCUT2D eigenvalue weighted by atomic mass is 16.5. The largest absolute Gasteiger partial charge is 0.376 e. The van der Waals surface area contributed by atoms with Crippen LogP contribution in [0.4, 0.5) is 0 Å². The third-order valence-electron chi connectivity index (χ3n) is 3.45. The molecule has 1 saturated heterocycles. The first-order valence-corrected chi connectivity index (χ1v) is 6.63. The van der Waals surface area contributed by atoms with Crippen molar-refractivity contribution in [1.29, 1.82) is 0 Å². The number of hydrogen-bond acceptors (Lipinski definition) is 5. The number of nitrogens with zero attached hydrogens (tertiary/aromatic N) is 3. The van der Waals surface area contributed by atoms with E-state index in [2.05, 4.69) is 34.1 Å².